The Morgan fingerprint density at radius 3 is 2.87 bits per heavy atom. The molecule has 1 rings (SSSR count). The lowest BCUT2D eigenvalue weighted by Crippen LogP contribution is -2.42. The fourth-order valence-electron chi connectivity index (χ4n) is 1.53. The van der Waals surface area contributed by atoms with E-state index in [4.69, 9.17) is 10.4 Å². The molecule has 1 fully saturated rings. The molecule has 0 aliphatic carbocycles. The van der Waals surface area contributed by atoms with Crippen molar-refractivity contribution in [1.29, 1.82) is 5.26 Å². The van der Waals surface area contributed by atoms with Crippen LogP contribution in [0.2, 0.25) is 0 Å². The van der Waals surface area contributed by atoms with Gasteiger partial charge in [0.1, 0.15) is 0 Å². The summed E-state index contributed by atoms with van der Waals surface area (Å²) in [7, 11) is 0. The van der Waals surface area contributed by atoms with E-state index in [2.05, 4.69) is 5.43 Å². The van der Waals surface area contributed by atoms with E-state index in [1.54, 1.807) is 0 Å². The lowest BCUT2D eigenvalue weighted by molar-refractivity contribution is -0.142. The first-order chi connectivity index (χ1) is 7.15. The highest BCUT2D eigenvalue weighted by atomic mass is 16.4. The minimum Gasteiger partial charge on any atom is -0.481 e. The van der Waals surface area contributed by atoms with Crippen LogP contribution in [-0.4, -0.2) is 34.6 Å². The van der Waals surface area contributed by atoms with Gasteiger partial charge in [-0.2, -0.15) is 5.26 Å². The second kappa shape index (κ2) is 5.32. The third-order valence-corrected chi connectivity index (χ3v) is 2.27. The Balaban J connectivity index is 2.44. The van der Waals surface area contributed by atoms with E-state index >= 15 is 0 Å². The van der Waals surface area contributed by atoms with Crippen molar-refractivity contribution in [2.24, 2.45) is 0 Å². The van der Waals surface area contributed by atoms with Crippen LogP contribution in [0.1, 0.15) is 25.7 Å². The molecule has 15 heavy (non-hydrogen) atoms. The number of carboxylic acid groups (broad SMARTS) is 1. The molecule has 1 heterocycles. The van der Waals surface area contributed by atoms with Crippen LogP contribution >= 0.6 is 0 Å². The SMILES string of the molecule is N#CCC1CCNN1C(=O)CCC(=O)O. The Morgan fingerprint density at radius 1 is 1.53 bits per heavy atom. The predicted octanol–water partition coefficient (Wildman–Crippen LogP) is -0.130. The molecule has 0 saturated carbocycles. The molecule has 0 aromatic carbocycles. The van der Waals surface area contributed by atoms with Gasteiger partial charge in [0.25, 0.3) is 0 Å². The molecular formula is C9H13N3O3. The van der Waals surface area contributed by atoms with Gasteiger partial charge >= 0.3 is 5.97 Å². The zero-order valence-electron chi connectivity index (χ0n) is 8.27. The highest BCUT2D eigenvalue weighted by Gasteiger charge is 2.28. The first-order valence-electron chi connectivity index (χ1n) is 4.79. The van der Waals surface area contributed by atoms with Crippen molar-refractivity contribution in [3.63, 3.8) is 0 Å². The quantitative estimate of drug-likeness (QED) is 0.675. The van der Waals surface area contributed by atoms with E-state index in [9.17, 15) is 9.59 Å². The standard InChI is InChI=1S/C9H13N3O3/c10-5-3-7-4-6-11-12(7)8(13)1-2-9(14)15/h7,11H,1-4,6H2,(H,14,15). The van der Waals surface area contributed by atoms with Gasteiger partial charge in [-0.15, -0.1) is 0 Å². The summed E-state index contributed by atoms with van der Waals surface area (Å²) >= 11 is 0. The largest absolute Gasteiger partial charge is 0.481 e. The Hall–Kier alpha value is -1.61. The second-order valence-electron chi connectivity index (χ2n) is 3.37. The number of aliphatic carboxylic acids is 1. The zero-order chi connectivity index (χ0) is 11.3. The van der Waals surface area contributed by atoms with Gasteiger partial charge in [-0.05, 0) is 6.42 Å². The van der Waals surface area contributed by atoms with Crippen LogP contribution in [0.4, 0.5) is 0 Å². The molecule has 0 radical (unpaired) electrons. The number of hydrazine groups is 1. The Kier molecular flexibility index (Phi) is 4.06. The smallest absolute Gasteiger partial charge is 0.303 e. The molecule has 0 bridgehead atoms. The van der Waals surface area contributed by atoms with Gasteiger partial charge in [-0.3, -0.25) is 14.6 Å². The van der Waals surface area contributed by atoms with Crippen molar-refractivity contribution in [3.8, 4) is 6.07 Å². The topological polar surface area (TPSA) is 93.4 Å². The Labute approximate surface area is 87.4 Å². The van der Waals surface area contributed by atoms with E-state index in [1.165, 1.54) is 5.01 Å². The van der Waals surface area contributed by atoms with Crippen molar-refractivity contribution >= 4 is 11.9 Å². The van der Waals surface area contributed by atoms with Gasteiger partial charge in [-0.1, -0.05) is 0 Å². The van der Waals surface area contributed by atoms with Crippen molar-refractivity contribution in [1.82, 2.24) is 10.4 Å². The van der Waals surface area contributed by atoms with Crippen molar-refractivity contribution < 1.29 is 14.7 Å². The number of nitriles is 1. The first kappa shape index (κ1) is 11.5. The summed E-state index contributed by atoms with van der Waals surface area (Å²) in [5.74, 6) is -1.24. The van der Waals surface area contributed by atoms with Gasteiger partial charge in [0.15, 0.2) is 0 Å². The molecule has 1 unspecified atom stereocenters. The van der Waals surface area contributed by atoms with Crippen LogP contribution in [0.3, 0.4) is 0 Å². The molecule has 0 aromatic heterocycles. The zero-order valence-corrected chi connectivity index (χ0v) is 8.27. The number of amides is 1. The molecule has 6 nitrogen and oxygen atoms in total. The van der Waals surface area contributed by atoms with E-state index < -0.39 is 5.97 Å². The maximum absolute atomic E-state index is 11.5. The first-order valence-corrected chi connectivity index (χ1v) is 4.79. The monoisotopic (exact) mass is 211 g/mol. The van der Waals surface area contributed by atoms with Crippen LogP contribution < -0.4 is 5.43 Å². The summed E-state index contributed by atoms with van der Waals surface area (Å²) in [6, 6.07) is 1.89. The minimum absolute atomic E-state index is 0.0235. The van der Waals surface area contributed by atoms with Crippen LogP contribution in [0.25, 0.3) is 0 Å². The number of carbonyl (C=O) groups is 2. The Bertz CT molecular complexity index is 297. The lowest BCUT2D eigenvalue weighted by atomic mass is 10.1. The number of rotatable bonds is 4. The number of hydrogen-bond donors (Lipinski definition) is 2. The maximum Gasteiger partial charge on any atom is 0.303 e. The van der Waals surface area contributed by atoms with Gasteiger partial charge in [0, 0.05) is 13.0 Å². The average molecular weight is 211 g/mol. The van der Waals surface area contributed by atoms with Crippen molar-refractivity contribution in [2.45, 2.75) is 31.7 Å². The fraction of sp³-hybridized carbons (Fsp3) is 0.667. The molecule has 0 spiro atoms. The predicted molar refractivity (Wildman–Crippen MR) is 50.4 cm³/mol. The molecule has 1 aliphatic rings. The summed E-state index contributed by atoms with van der Waals surface area (Å²) in [5, 5.41) is 18.4. The molecule has 1 saturated heterocycles. The minimum atomic E-state index is -0.987. The molecule has 1 atom stereocenters. The highest BCUT2D eigenvalue weighted by Crippen LogP contribution is 2.13. The van der Waals surface area contributed by atoms with Gasteiger partial charge in [0.05, 0.1) is 25.0 Å². The van der Waals surface area contributed by atoms with Crippen LogP contribution in [0.5, 0.6) is 0 Å². The summed E-state index contributed by atoms with van der Waals surface area (Å²) in [5.41, 5.74) is 2.85. The van der Waals surface area contributed by atoms with Gasteiger partial charge < -0.3 is 5.11 Å². The van der Waals surface area contributed by atoms with Crippen LogP contribution in [-0.2, 0) is 9.59 Å². The molecule has 1 amide bonds. The fourth-order valence-corrected chi connectivity index (χ4v) is 1.53. The molecular weight excluding hydrogens is 198 g/mol. The van der Waals surface area contributed by atoms with Crippen molar-refractivity contribution in [2.75, 3.05) is 6.54 Å². The summed E-state index contributed by atoms with van der Waals surface area (Å²) < 4.78 is 0. The lowest BCUT2D eigenvalue weighted by Gasteiger charge is -2.21. The summed E-state index contributed by atoms with van der Waals surface area (Å²) in [4.78, 5) is 21.8. The molecule has 1 aliphatic heterocycles. The Morgan fingerprint density at radius 2 is 2.27 bits per heavy atom. The normalized spacial score (nSPS) is 19.9. The van der Waals surface area contributed by atoms with Crippen LogP contribution in [0, 0.1) is 11.3 Å². The van der Waals surface area contributed by atoms with Crippen molar-refractivity contribution in [3.05, 3.63) is 0 Å². The van der Waals surface area contributed by atoms with E-state index in [0.717, 1.165) is 6.42 Å². The average Bonchev–Trinajstić information content (AvgIpc) is 2.63. The number of nitrogens with zero attached hydrogens (tertiary/aromatic N) is 2. The molecule has 2 N–H and O–H groups in total. The summed E-state index contributed by atoms with van der Waals surface area (Å²) in [6.07, 6.45) is 0.832. The second-order valence-corrected chi connectivity index (χ2v) is 3.37. The molecule has 6 heteroatoms. The van der Waals surface area contributed by atoms with Gasteiger partial charge in [0.2, 0.25) is 5.91 Å². The number of nitrogens with one attached hydrogen (secondary N) is 1. The molecule has 82 valence electrons. The number of carbonyl (C=O) groups excluding carboxylic acids is 1. The van der Waals surface area contributed by atoms with E-state index in [0.29, 0.717) is 6.54 Å². The van der Waals surface area contributed by atoms with Crippen LogP contribution in [0.15, 0.2) is 0 Å². The molecule has 0 aromatic rings. The summed E-state index contributed by atoms with van der Waals surface area (Å²) in [6.45, 7) is 0.658. The highest BCUT2D eigenvalue weighted by molar-refractivity contribution is 5.80. The number of carboxylic acids is 1. The number of hydrogen-bond acceptors (Lipinski definition) is 4. The van der Waals surface area contributed by atoms with Gasteiger partial charge in [-0.25, -0.2) is 5.43 Å². The van der Waals surface area contributed by atoms with E-state index in [1.807, 2.05) is 6.07 Å². The third kappa shape index (κ3) is 3.22. The van der Waals surface area contributed by atoms with E-state index in [-0.39, 0.29) is 31.2 Å². The maximum atomic E-state index is 11.5. The third-order valence-electron chi connectivity index (χ3n) is 2.27.